The maximum Gasteiger partial charge on any atom is 0.306 e. The SMILES string of the molecule is CCCC[C@@H]1CC/C=C/CC[C@@H]1CC(=O)OCC1O[C@@H](OC)C(OCc2ccccc2)[C@@H](C)[C@@H]1OC. The van der Waals surface area contributed by atoms with Gasteiger partial charge in [0.2, 0.25) is 0 Å². The molecule has 0 radical (unpaired) electrons. The number of unbranched alkanes of at least 4 members (excludes halogenated alkanes) is 1. The number of hydrogen-bond acceptors (Lipinski definition) is 6. The van der Waals surface area contributed by atoms with Crippen LogP contribution in [0, 0.1) is 17.8 Å². The van der Waals surface area contributed by atoms with Crippen molar-refractivity contribution in [1.29, 1.82) is 0 Å². The predicted octanol–water partition coefficient (Wildman–Crippen LogP) is 6.08. The molecule has 3 rings (SSSR count). The summed E-state index contributed by atoms with van der Waals surface area (Å²) >= 11 is 0. The van der Waals surface area contributed by atoms with Crippen LogP contribution in [0.5, 0.6) is 0 Å². The van der Waals surface area contributed by atoms with Gasteiger partial charge in [-0.15, -0.1) is 0 Å². The van der Waals surface area contributed by atoms with Gasteiger partial charge in [0, 0.05) is 26.6 Å². The Morgan fingerprint density at radius 2 is 1.72 bits per heavy atom. The molecule has 1 aromatic carbocycles. The lowest BCUT2D eigenvalue weighted by atomic mass is 9.78. The number of carbonyl (C=O) groups is 1. The summed E-state index contributed by atoms with van der Waals surface area (Å²) in [5, 5.41) is 0. The van der Waals surface area contributed by atoms with Gasteiger partial charge in [-0.2, -0.15) is 0 Å². The van der Waals surface area contributed by atoms with Crippen molar-refractivity contribution in [2.45, 2.75) is 96.4 Å². The molecular formula is C30H46O6. The van der Waals surface area contributed by atoms with Crippen LogP contribution in [0.15, 0.2) is 42.5 Å². The molecule has 1 saturated heterocycles. The smallest absolute Gasteiger partial charge is 0.306 e. The van der Waals surface area contributed by atoms with Gasteiger partial charge in [0.1, 0.15) is 18.8 Å². The Kier molecular flexibility index (Phi) is 12.4. The van der Waals surface area contributed by atoms with Gasteiger partial charge in [0.05, 0.1) is 12.7 Å². The third-order valence-corrected chi connectivity index (χ3v) is 7.78. The summed E-state index contributed by atoms with van der Waals surface area (Å²) in [7, 11) is 3.28. The summed E-state index contributed by atoms with van der Waals surface area (Å²) in [6, 6.07) is 10.0. The Labute approximate surface area is 217 Å². The van der Waals surface area contributed by atoms with E-state index in [4.69, 9.17) is 23.7 Å². The number of ether oxygens (including phenoxy) is 5. The Balaban J connectivity index is 1.55. The van der Waals surface area contributed by atoms with Crippen molar-refractivity contribution in [1.82, 2.24) is 0 Å². The topological polar surface area (TPSA) is 63.2 Å². The van der Waals surface area contributed by atoms with Crippen molar-refractivity contribution in [3.05, 3.63) is 48.0 Å². The van der Waals surface area contributed by atoms with E-state index in [0.29, 0.717) is 24.9 Å². The molecule has 0 spiro atoms. The van der Waals surface area contributed by atoms with Gasteiger partial charge in [-0.25, -0.2) is 0 Å². The third kappa shape index (κ3) is 8.41. The van der Waals surface area contributed by atoms with Crippen molar-refractivity contribution in [2.75, 3.05) is 20.8 Å². The van der Waals surface area contributed by atoms with E-state index in [1.165, 1.54) is 19.3 Å². The van der Waals surface area contributed by atoms with Gasteiger partial charge in [-0.05, 0) is 43.1 Å². The Bertz CT molecular complexity index is 781. The van der Waals surface area contributed by atoms with E-state index >= 15 is 0 Å². The van der Waals surface area contributed by atoms with Gasteiger partial charge in [-0.3, -0.25) is 4.79 Å². The van der Waals surface area contributed by atoms with Crippen molar-refractivity contribution in [2.24, 2.45) is 17.8 Å². The van der Waals surface area contributed by atoms with Crippen LogP contribution in [0.2, 0.25) is 0 Å². The standard InChI is InChI=1S/C30H46O6/c1-5-6-16-24-17-12-7-8-13-18-25(24)19-27(31)34-21-26-28(32-3)22(2)29(30(33-4)36-26)35-20-23-14-10-9-11-15-23/h7-11,14-15,22,24-26,28-30H,5-6,12-13,16-21H2,1-4H3/b8-7+/t22-,24+,25+,26?,28-,29?,30+/m0/s1. The van der Waals surface area contributed by atoms with Gasteiger partial charge < -0.3 is 23.7 Å². The van der Waals surface area contributed by atoms with E-state index < -0.39 is 12.4 Å². The van der Waals surface area contributed by atoms with E-state index in [1.807, 2.05) is 30.3 Å². The maximum atomic E-state index is 12.9. The average molecular weight is 503 g/mol. The minimum absolute atomic E-state index is 0.00284. The first-order valence-corrected chi connectivity index (χ1v) is 13.7. The average Bonchev–Trinajstić information content (AvgIpc) is 2.88. The van der Waals surface area contributed by atoms with Crippen LogP contribution in [0.25, 0.3) is 0 Å². The number of rotatable bonds is 12. The second-order valence-electron chi connectivity index (χ2n) is 10.3. The second kappa shape index (κ2) is 15.5. The molecule has 6 nitrogen and oxygen atoms in total. The van der Waals surface area contributed by atoms with Crippen LogP contribution >= 0.6 is 0 Å². The summed E-state index contributed by atoms with van der Waals surface area (Å²) in [6.45, 7) is 4.92. The second-order valence-corrected chi connectivity index (χ2v) is 10.3. The summed E-state index contributed by atoms with van der Waals surface area (Å²) in [4.78, 5) is 12.9. The van der Waals surface area contributed by atoms with E-state index in [0.717, 1.165) is 31.2 Å². The van der Waals surface area contributed by atoms with Gasteiger partial charge in [0.25, 0.3) is 0 Å². The zero-order valence-electron chi connectivity index (χ0n) is 22.6. The first kappa shape index (κ1) is 28.8. The highest BCUT2D eigenvalue weighted by molar-refractivity contribution is 5.69. The molecule has 0 aromatic heterocycles. The summed E-state index contributed by atoms with van der Waals surface area (Å²) in [5.41, 5.74) is 1.09. The molecule has 2 aliphatic rings. The molecule has 0 N–H and O–H groups in total. The van der Waals surface area contributed by atoms with Crippen molar-refractivity contribution in [3.63, 3.8) is 0 Å². The van der Waals surface area contributed by atoms with Crippen molar-refractivity contribution < 1.29 is 28.5 Å². The van der Waals surface area contributed by atoms with Crippen LogP contribution in [0.3, 0.4) is 0 Å². The first-order valence-electron chi connectivity index (χ1n) is 13.7. The lowest BCUT2D eigenvalue weighted by molar-refractivity contribution is -0.295. The van der Waals surface area contributed by atoms with Crippen LogP contribution in [0.4, 0.5) is 0 Å². The lowest BCUT2D eigenvalue weighted by Crippen LogP contribution is -2.56. The molecule has 0 saturated carbocycles. The van der Waals surface area contributed by atoms with Gasteiger partial charge >= 0.3 is 5.97 Å². The Hall–Kier alpha value is -1.73. The molecule has 1 fully saturated rings. The number of benzene rings is 1. The van der Waals surface area contributed by atoms with Crippen molar-refractivity contribution in [3.8, 4) is 0 Å². The molecule has 0 amide bonds. The highest BCUT2D eigenvalue weighted by atomic mass is 16.7. The summed E-state index contributed by atoms with van der Waals surface area (Å²) < 4.78 is 29.7. The molecule has 6 heteroatoms. The zero-order valence-corrected chi connectivity index (χ0v) is 22.6. The number of carbonyl (C=O) groups excluding carboxylic acids is 1. The Morgan fingerprint density at radius 1 is 1.00 bits per heavy atom. The fourth-order valence-electron chi connectivity index (χ4n) is 5.68. The van der Waals surface area contributed by atoms with E-state index in [2.05, 4.69) is 26.0 Å². The van der Waals surface area contributed by atoms with E-state index in [-0.39, 0.29) is 30.7 Å². The summed E-state index contributed by atoms with van der Waals surface area (Å²) in [5.74, 6) is 0.812. The number of allylic oxidation sites excluding steroid dienone is 2. The fraction of sp³-hybridized carbons (Fsp3) is 0.700. The largest absolute Gasteiger partial charge is 0.463 e. The molecular weight excluding hydrogens is 456 g/mol. The van der Waals surface area contributed by atoms with E-state index in [9.17, 15) is 4.79 Å². The number of esters is 1. The van der Waals surface area contributed by atoms with Crippen LogP contribution in [-0.4, -0.2) is 51.4 Å². The van der Waals surface area contributed by atoms with E-state index in [1.54, 1.807) is 14.2 Å². The highest BCUT2D eigenvalue weighted by Gasteiger charge is 2.45. The monoisotopic (exact) mass is 502 g/mol. The minimum Gasteiger partial charge on any atom is -0.463 e. The molecule has 36 heavy (non-hydrogen) atoms. The van der Waals surface area contributed by atoms with Crippen molar-refractivity contribution >= 4 is 5.97 Å². The molecule has 7 atom stereocenters. The highest BCUT2D eigenvalue weighted by Crippen LogP contribution is 2.34. The zero-order chi connectivity index (χ0) is 25.8. The fourth-order valence-corrected chi connectivity index (χ4v) is 5.68. The van der Waals surface area contributed by atoms with Gasteiger partial charge in [0.15, 0.2) is 6.29 Å². The van der Waals surface area contributed by atoms with Crippen LogP contribution in [0.1, 0.15) is 70.8 Å². The molecule has 2 unspecified atom stereocenters. The predicted molar refractivity (Wildman–Crippen MR) is 140 cm³/mol. The number of methoxy groups -OCH3 is 2. The molecule has 1 aliphatic carbocycles. The maximum absolute atomic E-state index is 12.9. The third-order valence-electron chi connectivity index (χ3n) is 7.78. The molecule has 1 heterocycles. The number of hydrogen-bond donors (Lipinski definition) is 0. The summed E-state index contributed by atoms with van der Waals surface area (Å²) in [6.07, 6.45) is 11.4. The van der Waals surface area contributed by atoms with Crippen LogP contribution in [-0.2, 0) is 35.1 Å². The lowest BCUT2D eigenvalue weighted by Gasteiger charge is -2.44. The molecule has 1 aliphatic heterocycles. The minimum atomic E-state index is -0.561. The molecule has 202 valence electrons. The quantitative estimate of drug-likeness (QED) is 0.255. The van der Waals surface area contributed by atoms with Gasteiger partial charge in [-0.1, -0.05) is 75.6 Å². The molecule has 0 bridgehead atoms. The normalized spacial score (nSPS) is 31.8. The van der Waals surface area contributed by atoms with Crippen LogP contribution < -0.4 is 0 Å². The molecule has 1 aromatic rings. The Morgan fingerprint density at radius 3 is 2.39 bits per heavy atom. The first-order chi connectivity index (χ1) is 17.6.